The predicted molar refractivity (Wildman–Crippen MR) is 54.9 cm³/mol. The fourth-order valence-corrected chi connectivity index (χ4v) is 1.04. The van der Waals surface area contributed by atoms with Gasteiger partial charge in [-0.05, 0) is 19.1 Å². The highest BCUT2D eigenvalue weighted by Crippen LogP contribution is 2.12. The van der Waals surface area contributed by atoms with Crippen LogP contribution in [0.3, 0.4) is 0 Å². The minimum atomic E-state index is -0.688. The Labute approximate surface area is 92.6 Å². The lowest BCUT2D eigenvalue weighted by atomic mass is 10.2. The van der Waals surface area contributed by atoms with Gasteiger partial charge in [0.1, 0.15) is 29.8 Å². The van der Waals surface area contributed by atoms with Crippen molar-refractivity contribution in [3.8, 4) is 6.07 Å². The molecule has 0 unspecified atom stereocenters. The normalized spacial score (nSPS) is 10.9. The number of carbonyl (C=O) groups is 1. The summed E-state index contributed by atoms with van der Waals surface area (Å²) in [6, 6.07) is 4.85. The molecule has 0 aliphatic carbocycles. The Hall–Kier alpha value is -2.06. The molecule has 1 heterocycles. The number of nitrogens with zero attached hydrogens (tertiary/aromatic N) is 1. The van der Waals surface area contributed by atoms with Crippen molar-refractivity contribution in [2.75, 3.05) is 6.61 Å². The summed E-state index contributed by atoms with van der Waals surface area (Å²) in [5.74, 6) is 0.00741. The number of nitriles is 1. The molecule has 1 N–H and O–H groups in total. The third-order valence-electron chi connectivity index (χ3n) is 1.74. The second kappa shape index (κ2) is 5.73. The van der Waals surface area contributed by atoms with Crippen LogP contribution in [0, 0.1) is 11.3 Å². The number of hydrogen-bond donors (Lipinski definition) is 1. The van der Waals surface area contributed by atoms with Crippen LogP contribution in [-0.4, -0.2) is 17.7 Å². The summed E-state index contributed by atoms with van der Waals surface area (Å²) < 4.78 is 9.79. The lowest BCUT2D eigenvalue weighted by Crippen LogP contribution is -2.05. The van der Waals surface area contributed by atoms with Gasteiger partial charge in [-0.25, -0.2) is 4.79 Å². The van der Waals surface area contributed by atoms with E-state index in [0.29, 0.717) is 11.5 Å². The zero-order valence-electron chi connectivity index (χ0n) is 8.77. The molecule has 0 saturated carbocycles. The largest absolute Gasteiger partial charge is 0.462 e. The number of aliphatic hydroxyl groups excluding tert-OH is 1. The quantitative estimate of drug-likeness (QED) is 0.470. The van der Waals surface area contributed by atoms with Crippen LogP contribution in [0.15, 0.2) is 22.1 Å². The van der Waals surface area contributed by atoms with Crippen LogP contribution < -0.4 is 0 Å². The number of furan rings is 1. The lowest BCUT2D eigenvalue weighted by Gasteiger charge is -1.97. The molecule has 0 saturated heterocycles. The third kappa shape index (κ3) is 2.97. The Kier molecular flexibility index (Phi) is 4.30. The maximum absolute atomic E-state index is 11.3. The molecule has 0 radical (unpaired) electrons. The van der Waals surface area contributed by atoms with Crippen LogP contribution in [-0.2, 0) is 16.1 Å². The smallest absolute Gasteiger partial charge is 0.349 e. The number of aliphatic hydroxyl groups is 1. The summed E-state index contributed by atoms with van der Waals surface area (Å²) in [4.78, 5) is 11.3. The van der Waals surface area contributed by atoms with Gasteiger partial charge in [-0.15, -0.1) is 0 Å². The van der Waals surface area contributed by atoms with E-state index in [4.69, 9.17) is 14.8 Å². The van der Waals surface area contributed by atoms with E-state index in [1.807, 2.05) is 0 Å². The SMILES string of the molecule is CCOC(=O)/C(C#N)=C/c1ccc(CO)o1. The maximum Gasteiger partial charge on any atom is 0.349 e. The van der Waals surface area contributed by atoms with Crippen LogP contribution in [0.4, 0.5) is 0 Å². The predicted octanol–water partition coefficient (Wildman–Crippen LogP) is 1.24. The molecular formula is C11H11NO4. The fraction of sp³-hybridized carbons (Fsp3) is 0.273. The second-order valence-electron chi connectivity index (χ2n) is 2.85. The summed E-state index contributed by atoms with van der Waals surface area (Å²) in [7, 11) is 0. The van der Waals surface area contributed by atoms with Crippen molar-refractivity contribution in [1.82, 2.24) is 0 Å². The molecule has 0 bridgehead atoms. The van der Waals surface area contributed by atoms with Crippen molar-refractivity contribution >= 4 is 12.0 Å². The molecule has 0 atom stereocenters. The van der Waals surface area contributed by atoms with E-state index in [0.717, 1.165) is 0 Å². The standard InChI is InChI=1S/C11H11NO4/c1-2-15-11(14)8(6-12)5-9-3-4-10(7-13)16-9/h3-5,13H,2,7H2,1H3/b8-5+. The summed E-state index contributed by atoms with van der Waals surface area (Å²) in [6.45, 7) is 1.64. The molecule has 84 valence electrons. The molecule has 0 aliphatic rings. The van der Waals surface area contributed by atoms with Gasteiger partial charge in [-0.3, -0.25) is 0 Å². The highest BCUT2D eigenvalue weighted by Gasteiger charge is 2.10. The second-order valence-corrected chi connectivity index (χ2v) is 2.85. The zero-order valence-corrected chi connectivity index (χ0v) is 8.77. The number of hydrogen-bond acceptors (Lipinski definition) is 5. The van der Waals surface area contributed by atoms with Crippen molar-refractivity contribution in [3.05, 3.63) is 29.2 Å². The van der Waals surface area contributed by atoms with Gasteiger partial charge in [-0.2, -0.15) is 5.26 Å². The van der Waals surface area contributed by atoms with Crippen molar-refractivity contribution in [3.63, 3.8) is 0 Å². The molecule has 0 aliphatic heterocycles. The van der Waals surface area contributed by atoms with E-state index in [2.05, 4.69) is 4.74 Å². The van der Waals surface area contributed by atoms with Crippen molar-refractivity contribution in [1.29, 1.82) is 5.26 Å². The van der Waals surface area contributed by atoms with Gasteiger partial charge < -0.3 is 14.3 Å². The number of esters is 1. The van der Waals surface area contributed by atoms with Crippen molar-refractivity contribution in [2.24, 2.45) is 0 Å². The van der Waals surface area contributed by atoms with E-state index in [9.17, 15) is 4.79 Å². The maximum atomic E-state index is 11.3. The van der Waals surface area contributed by atoms with Crippen LogP contribution in [0.1, 0.15) is 18.4 Å². The van der Waals surface area contributed by atoms with Crippen molar-refractivity contribution in [2.45, 2.75) is 13.5 Å². The molecule has 1 aromatic rings. The lowest BCUT2D eigenvalue weighted by molar-refractivity contribution is -0.137. The van der Waals surface area contributed by atoms with Crippen LogP contribution in [0.5, 0.6) is 0 Å². The Bertz CT molecular complexity index is 439. The van der Waals surface area contributed by atoms with Gasteiger partial charge in [0.25, 0.3) is 0 Å². The van der Waals surface area contributed by atoms with Gasteiger partial charge in [0.2, 0.25) is 0 Å². The zero-order chi connectivity index (χ0) is 12.0. The molecule has 0 fully saturated rings. The number of ether oxygens (including phenoxy) is 1. The van der Waals surface area contributed by atoms with Gasteiger partial charge in [0.05, 0.1) is 6.61 Å². The van der Waals surface area contributed by atoms with Gasteiger partial charge >= 0.3 is 5.97 Å². The van der Waals surface area contributed by atoms with Gasteiger partial charge in [0.15, 0.2) is 0 Å². The minimum absolute atomic E-state index is 0.138. The van der Waals surface area contributed by atoms with E-state index in [1.54, 1.807) is 25.1 Å². The summed E-state index contributed by atoms with van der Waals surface area (Å²) in [6.07, 6.45) is 1.27. The topological polar surface area (TPSA) is 83.5 Å². The average Bonchev–Trinajstić information content (AvgIpc) is 2.73. The number of rotatable bonds is 4. The fourth-order valence-electron chi connectivity index (χ4n) is 1.04. The van der Waals surface area contributed by atoms with Crippen LogP contribution in [0.2, 0.25) is 0 Å². The van der Waals surface area contributed by atoms with Gasteiger partial charge in [-0.1, -0.05) is 0 Å². The molecule has 16 heavy (non-hydrogen) atoms. The monoisotopic (exact) mass is 221 g/mol. The van der Waals surface area contributed by atoms with Crippen LogP contribution in [0.25, 0.3) is 6.08 Å². The Balaban J connectivity index is 2.88. The summed E-state index contributed by atoms with van der Waals surface area (Å²) in [5, 5.41) is 17.5. The summed E-state index contributed by atoms with van der Waals surface area (Å²) in [5.41, 5.74) is -0.138. The third-order valence-corrected chi connectivity index (χ3v) is 1.74. The van der Waals surface area contributed by atoms with E-state index >= 15 is 0 Å². The first-order chi connectivity index (χ1) is 7.71. The van der Waals surface area contributed by atoms with Gasteiger partial charge in [0, 0.05) is 6.08 Å². The first kappa shape index (κ1) is 12.0. The highest BCUT2D eigenvalue weighted by molar-refractivity contribution is 5.97. The Morgan fingerprint density at radius 2 is 2.44 bits per heavy atom. The molecule has 5 heteroatoms. The minimum Gasteiger partial charge on any atom is -0.462 e. The van der Waals surface area contributed by atoms with Crippen molar-refractivity contribution < 1.29 is 19.1 Å². The molecular weight excluding hydrogens is 210 g/mol. The molecule has 5 nitrogen and oxygen atoms in total. The first-order valence-electron chi connectivity index (χ1n) is 4.69. The van der Waals surface area contributed by atoms with E-state index < -0.39 is 5.97 Å². The average molecular weight is 221 g/mol. The molecule has 1 aromatic heterocycles. The Morgan fingerprint density at radius 3 is 2.94 bits per heavy atom. The van der Waals surface area contributed by atoms with E-state index in [1.165, 1.54) is 6.08 Å². The Morgan fingerprint density at radius 1 is 1.69 bits per heavy atom. The summed E-state index contributed by atoms with van der Waals surface area (Å²) >= 11 is 0. The number of carbonyl (C=O) groups excluding carboxylic acids is 1. The highest BCUT2D eigenvalue weighted by atomic mass is 16.5. The molecule has 0 aromatic carbocycles. The molecule has 0 spiro atoms. The van der Waals surface area contributed by atoms with E-state index in [-0.39, 0.29) is 18.8 Å². The molecule has 1 rings (SSSR count). The van der Waals surface area contributed by atoms with Crippen LogP contribution >= 0.6 is 0 Å². The molecule has 0 amide bonds. The first-order valence-corrected chi connectivity index (χ1v) is 4.69.